The fraction of sp³-hybridized carbons (Fsp3) is 0.0909. The molecule has 1 heterocycles. The van der Waals surface area contributed by atoms with Gasteiger partial charge in [0.15, 0.2) is 0 Å². The second-order valence-electron chi connectivity index (χ2n) is 3.00. The minimum atomic E-state index is 0. The van der Waals surface area contributed by atoms with Crippen molar-refractivity contribution in [3.05, 3.63) is 42.2 Å². The summed E-state index contributed by atoms with van der Waals surface area (Å²) in [5.41, 5.74) is 7.50. The molecule has 3 heteroatoms. The van der Waals surface area contributed by atoms with Gasteiger partial charge in [0.25, 0.3) is 0 Å². The average Bonchev–Trinajstić information content (AvgIpc) is 2.53. The van der Waals surface area contributed by atoms with E-state index in [1.54, 1.807) is 0 Å². The number of rotatable bonds is 1. The minimum Gasteiger partial charge on any atom is -0.461 e. The second-order valence-corrected chi connectivity index (χ2v) is 3.00. The van der Waals surface area contributed by atoms with Crippen molar-refractivity contribution in [2.45, 2.75) is 6.92 Å². The zero-order valence-corrected chi connectivity index (χ0v) is 8.67. The summed E-state index contributed by atoms with van der Waals surface area (Å²) in [5.74, 6) is 1.73. The molecule has 0 unspecified atom stereocenters. The summed E-state index contributed by atoms with van der Waals surface area (Å²) in [4.78, 5) is 0. The van der Waals surface area contributed by atoms with Crippen LogP contribution in [0, 0.1) is 6.92 Å². The third-order valence-corrected chi connectivity index (χ3v) is 1.97. The van der Waals surface area contributed by atoms with Crippen LogP contribution in [0.15, 0.2) is 40.8 Å². The number of hydrogen-bond donors (Lipinski definition) is 1. The molecule has 2 nitrogen and oxygen atoms in total. The van der Waals surface area contributed by atoms with Gasteiger partial charge < -0.3 is 10.2 Å². The van der Waals surface area contributed by atoms with Gasteiger partial charge in [-0.15, -0.1) is 12.4 Å². The van der Waals surface area contributed by atoms with Gasteiger partial charge in [-0.1, -0.05) is 12.1 Å². The van der Waals surface area contributed by atoms with Crippen LogP contribution in [0.5, 0.6) is 0 Å². The molecule has 0 saturated heterocycles. The van der Waals surface area contributed by atoms with E-state index in [1.807, 2.05) is 43.3 Å². The summed E-state index contributed by atoms with van der Waals surface area (Å²) in [6.45, 7) is 1.92. The van der Waals surface area contributed by atoms with Crippen LogP contribution in [0.1, 0.15) is 5.76 Å². The quantitative estimate of drug-likeness (QED) is 0.733. The maximum atomic E-state index is 5.80. The summed E-state index contributed by atoms with van der Waals surface area (Å²) >= 11 is 0. The number of nitrogens with two attached hydrogens (primary N) is 1. The van der Waals surface area contributed by atoms with Crippen molar-refractivity contribution in [3.63, 3.8) is 0 Å². The third kappa shape index (κ3) is 1.91. The summed E-state index contributed by atoms with van der Waals surface area (Å²) < 4.78 is 5.47. The van der Waals surface area contributed by atoms with Crippen molar-refractivity contribution in [2.75, 3.05) is 5.73 Å². The van der Waals surface area contributed by atoms with E-state index in [2.05, 4.69) is 0 Å². The topological polar surface area (TPSA) is 39.2 Å². The molecule has 0 saturated carbocycles. The molecule has 0 aliphatic rings. The normalized spacial score (nSPS) is 9.50. The molecule has 2 N–H and O–H groups in total. The molecular weight excluding hydrogens is 198 g/mol. The van der Waals surface area contributed by atoms with Gasteiger partial charge in [0, 0.05) is 11.3 Å². The lowest BCUT2D eigenvalue weighted by Crippen LogP contribution is -1.87. The Morgan fingerprint density at radius 3 is 2.36 bits per heavy atom. The molecule has 1 aromatic heterocycles. The van der Waals surface area contributed by atoms with Crippen LogP contribution in [-0.4, -0.2) is 0 Å². The number of aryl methyl sites for hydroxylation is 1. The van der Waals surface area contributed by atoms with E-state index < -0.39 is 0 Å². The van der Waals surface area contributed by atoms with E-state index in [4.69, 9.17) is 10.2 Å². The molecule has 2 aromatic rings. The first-order valence-corrected chi connectivity index (χ1v) is 4.18. The number of para-hydroxylation sites is 1. The average molecular weight is 210 g/mol. The summed E-state index contributed by atoms with van der Waals surface area (Å²) in [5, 5.41) is 0. The Morgan fingerprint density at radius 1 is 1.07 bits per heavy atom. The summed E-state index contributed by atoms with van der Waals surface area (Å²) in [7, 11) is 0. The highest BCUT2D eigenvalue weighted by Crippen LogP contribution is 2.26. The Bertz CT molecular complexity index is 423. The molecule has 0 bridgehead atoms. The van der Waals surface area contributed by atoms with Gasteiger partial charge in [-0.05, 0) is 31.2 Å². The second kappa shape index (κ2) is 4.20. The first-order chi connectivity index (χ1) is 6.27. The highest BCUT2D eigenvalue weighted by molar-refractivity contribution is 5.85. The highest BCUT2D eigenvalue weighted by Gasteiger charge is 2.04. The van der Waals surface area contributed by atoms with E-state index in [0.717, 1.165) is 22.8 Å². The van der Waals surface area contributed by atoms with Crippen LogP contribution >= 0.6 is 12.4 Å². The van der Waals surface area contributed by atoms with Crippen molar-refractivity contribution in [1.29, 1.82) is 0 Å². The van der Waals surface area contributed by atoms with Gasteiger partial charge in [-0.25, -0.2) is 0 Å². The standard InChI is InChI=1S/C11H11NO.ClH/c1-8-6-7-11(13-8)9-4-2-3-5-10(9)12;/h2-7H,12H2,1H3;1H. The van der Waals surface area contributed by atoms with E-state index in [-0.39, 0.29) is 12.4 Å². The van der Waals surface area contributed by atoms with E-state index in [9.17, 15) is 0 Å². The van der Waals surface area contributed by atoms with Crippen LogP contribution in [-0.2, 0) is 0 Å². The lowest BCUT2D eigenvalue weighted by molar-refractivity contribution is 0.548. The van der Waals surface area contributed by atoms with Gasteiger partial charge in [-0.2, -0.15) is 0 Å². The highest BCUT2D eigenvalue weighted by atomic mass is 35.5. The molecule has 0 atom stereocenters. The summed E-state index contributed by atoms with van der Waals surface area (Å²) in [6.07, 6.45) is 0. The molecule has 0 amide bonds. The first-order valence-electron chi connectivity index (χ1n) is 4.18. The van der Waals surface area contributed by atoms with Gasteiger partial charge in [-0.3, -0.25) is 0 Å². The Labute approximate surface area is 89.1 Å². The first kappa shape index (κ1) is 10.7. The summed E-state index contributed by atoms with van der Waals surface area (Å²) in [6, 6.07) is 11.5. The van der Waals surface area contributed by atoms with Crippen molar-refractivity contribution in [2.24, 2.45) is 0 Å². The van der Waals surface area contributed by atoms with Crippen LogP contribution in [0.2, 0.25) is 0 Å². The molecular formula is C11H12ClNO. The Balaban J connectivity index is 0.000000980. The fourth-order valence-corrected chi connectivity index (χ4v) is 1.30. The molecule has 0 aliphatic heterocycles. The molecule has 0 aliphatic carbocycles. The van der Waals surface area contributed by atoms with E-state index >= 15 is 0 Å². The number of hydrogen-bond acceptors (Lipinski definition) is 2. The molecule has 74 valence electrons. The van der Waals surface area contributed by atoms with Gasteiger partial charge >= 0.3 is 0 Å². The molecule has 2 rings (SSSR count). The van der Waals surface area contributed by atoms with Crippen LogP contribution < -0.4 is 5.73 Å². The number of anilines is 1. The maximum absolute atomic E-state index is 5.80. The van der Waals surface area contributed by atoms with Gasteiger partial charge in [0.2, 0.25) is 0 Å². The van der Waals surface area contributed by atoms with Gasteiger partial charge in [0.05, 0.1) is 0 Å². The van der Waals surface area contributed by atoms with E-state index in [1.165, 1.54) is 0 Å². The van der Waals surface area contributed by atoms with Crippen LogP contribution in [0.3, 0.4) is 0 Å². The predicted octanol–water partition coefficient (Wildman–Crippen LogP) is 3.26. The molecule has 0 spiro atoms. The van der Waals surface area contributed by atoms with Crippen LogP contribution in [0.4, 0.5) is 5.69 Å². The number of halogens is 1. The lowest BCUT2D eigenvalue weighted by atomic mass is 10.1. The molecule has 1 aromatic carbocycles. The third-order valence-electron chi connectivity index (χ3n) is 1.97. The number of nitrogen functional groups attached to an aromatic ring is 1. The fourth-order valence-electron chi connectivity index (χ4n) is 1.30. The monoisotopic (exact) mass is 209 g/mol. The SMILES string of the molecule is Cc1ccc(-c2ccccc2N)o1.Cl. The molecule has 0 fully saturated rings. The van der Waals surface area contributed by atoms with Gasteiger partial charge in [0.1, 0.15) is 11.5 Å². The smallest absolute Gasteiger partial charge is 0.136 e. The van der Waals surface area contributed by atoms with Crippen molar-refractivity contribution >= 4 is 18.1 Å². The number of benzene rings is 1. The largest absolute Gasteiger partial charge is 0.461 e. The zero-order valence-electron chi connectivity index (χ0n) is 7.86. The van der Waals surface area contributed by atoms with Crippen molar-refractivity contribution in [1.82, 2.24) is 0 Å². The number of furan rings is 1. The van der Waals surface area contributed by atoms with Crippen molar-refractivity contribution in [3.8, 4) is 11.3 Å². The van der Waals surface area contributed by atoms with E-state index in [0.29, 0.717) is 0 Å². The Kier molecular flexibility index (Phi) is 3.20. The maximum Gasteiger partial charge on any atom is 0.136 e. The predicted molar refractivity (Wildman–Crippen MR) is 60.5 cm³/mol. The molecule has 14 heavy (non-hydrogen) atoms. The zero-order chi connectivity index (χ0) is 9.26. The molecule has 0 radical (unpaired) electrons. The lowest BCUT2D eigenvalue weighted by Gasteiger charge is -2.00. The van der Waals surface area contributed by atoms with Crippen molar-refractivity contribution < 1.29 is 4.42 Å². The minimum absolute atomic E-state index is 0. The van der Waals surface area contributed by atoms with Crippen LogP contribution in [0.25, 0.3) is 11.3 Å². The Hall–Kier alpha value is -1.41. The Morgan fingerprint density at radius 2 is 1.79 bits per heavy atom.